The van der Waals surface area contributed by atoms with E-state index in [0.717, 1.165) is 20.4 Å². The second kappa shape index (κ2) is 7.03. The molecule has 0 aliphatic rings. The highest BCUT2D eigenvalue weighted by Gasteiger charge is 2.12. The molecule has 4 rings (SSSR count). The molecule has 4 heterocycles. The van der Waals surface area contributed by atoms with E-state index in [-0.39, 0.29) is 11.9 Å². The number of esters is 2. The van der Waals surface area contributed by atoms with Gasteiger partial charge in [0.2, 0.25) is 0 Å². The molecule has 0 amide bonds. The molecule has 10 heteroatoms. The molecule has 130 valence electrons. The highest BCUT2D eigenvalue weighted by Crippen LogP contribution is 2.24. The van der Waals surface area contributed by atoms with Crippen LogP contribution >= 0.6 is 22.7 Å². The highest BCUT2D eigenvalue weighted by atomic mass is 32.1. The molecule has 0 fully saturated rings. The van der Waals surface area contributed by atoms with Gasteiger partial charge in [0.25, 0.3) is 0 Å². The fourth-order valence-corrected chi connectivity index (χ4v) is 3.97. The summed E-state index contributed by atoms with van der Waals surface area (Å²) in [5.41, 5.74) is 1.72. The standard InChI is InChI=1S/C8H8N2O2S.C7H6N2O2S/c1-10-4-7-5(9-10)3-6(13-7)8(11)12-2;1-11-7(10)5-2-4-6(12-5)3-8-9-4/h3-4H,1-2H3;2-3H,1H3,(H,8,9). The van der Waals surface area contributed by atoms with E-state index in [4.69, 9.17) is 0 Å². The molecule has 0 saturated heterocycles. The average Bonchev–Trinajstić information content (AvgIpc) is 3.32. The minimum atomic E-state index is -0.301. The molecular weight excluding hydrogens is 364 g/mol. The van der Waals surface area contributed by atoms with Crippen molar-refractivity contribution in [2.24, 2.45) is 7.05 Å². The van der Waals surface area contributed by atoms with E-state index in [1.165, 1.54) is 36.9 Å². The van der Waals surface area contributed by atoms with Gasteiger partial charge in [0.05, 0.1) is 35.3 Å². The van der Waals surface area contributed by atoms with Crippen LogP contribution in [0.2, 0.25) is 0 Å². The number of methoxy groups -OCH3 is 2. The van der Waals surface area contributed by atoms with Crippen LogP contribution in [0.25, 0.3) is 20.4 Å². The van der Waals surface area contributed by atoms with E-state index >= 15 is 0 Å². The van der Waals surface area contributed by atoms with Gasteiger partial charge in [-0.2, -0.15) is 10.2 Å². The van der Waals surface area contributed by atoms with E-state index in [1.807, 2.05) is 13.2 Å². The molecule has 0 unspecified atom stereocenters. The predicted molar refractivity (Wildman–Crippen MR) is 95.2 cm³/mol. The van der Waals surface area contributed by atoms with Gasteiger partial charge in [-0.25, -0.2) is 9.59 Å². The lowest BCUT2D eigenvalue weighted by Gasteiger charge is -1.91. The lowest BCUT2D eigenvalue weighted by molar-refractivity contribution is 0.0597. The van der Waals surface area contributed by atoms with Gasteiger partial charge < -0.3 is 9.47 Å². The quantitative estimate of drug-likeness (QED) is 0.539. The summed E-state index contributed by atoms with van der Waals surface area (Å²) in [6.45, 7) is 0. The third-order valence-corrected chi connectivity index (χ3v) is 5.30. The van der Waals surface area contributed by atoms with E-state index in [1.54, 1.807) is 23.0 Å². The predicted octanol–water partition coefficient (Wildman–Crippen LogP) is 2.83. The van der Waals surface area contributed by atoms with Crippen molar-refractivity contribution in [1.29, 1.82) is 0 Å². The lowest BCUT2D eigenvalue weighted by atomic mass is 10.4. The number of hydrogen-bond acceptors (Lipinski definition) is 8. The number of aromatic nitrogens is 4. The molecule has 25 heavy (non-hydrogen) atoms. The van der Waals surface area contributed by atoms with Gasteiger partial charge in [0.15, 0.2) is 0 Å². The number of nitrogens with one attached hydrogen (secondary N) is 1. The number of carbonyl (C=O) groups excluding carboxylic acids is 2. The molecule has 0 bridgehead atoms. The maximum atomic E-state index is 11.1. The number of aryl methyl sites for hydroxylation is 1. The first-order valence-corrected chi connectivity index (χ1v) is 8.68. The molecule has 0 spiro atoms. The van der Waals surface area contributed by atoms with Gasteiger partial charge >= 0.3 is 11.9 Å². The first-order valence-electron chi connectivity index (χ1n) is 7.04. The molecule has 0 aliphatic heterocycles. The topological polar surface area (TPSA) is 99.1 Å². The van der Waals surface area contributed by atoms with Crippen LogP contribution in [0.3, 0.4) is 0 Å². The number of aromatic amines is 1. The number of ether oxygens (including phenoxy) is 2. The number of carbonyl (C=O) groups is 2. The smallest absolute Gasteiger partial charge is 0.348 e. The third kappa shape index (κ3) is 3.54. The van der Waals surface area contributed by atoms with Gasteiger partial charge in [-0.15, -0.1) is 22.7 Å². The Morgan fingerprint density at radius 2 is 1.72 bits per heavy atom. The largest absolute Gasteiger partial charge is 0.465 e. The first kappa shape index (κ1) is 17.1. The van der Waals surface area contributed by atoms with Gasteiger partial charge in [-0.05, 0) is 12.1 Å². The molecular formula is C15H14N4O4S2. The summed E-state index contributed by atoms with van der Waals surface area (Å²) in [4.78, 5) is 23.4. The molecule has 0 saturated carbocycles. The number of nitrogens with zero attached hydrogens (tertiary/aromatic N) is 3. The van der Waals surface area contributed by atoms with E-state index in [9.17, 15) is 9.59 Å². The Kier molecular flexibility index (Phi) is 4.81. The summed E-state index contributed by atoms with van der Waals surface area (Å²) in [5, 5.41) is 10.8. The zero-order valence-corrected chi connectivity index (χ0v) is 15.2. The Bertz CT molecular complexity index is 983. The Morgan fingerprint density at radius 3 is 2.32 bits per heavy atom. The van der Waals surface area contributed by atoms with Crippen molar-refractivity contribution in [2.75, 3.05) is 14.2 Å². The monoisotopic (exact) mass is 378 g/mol. The van der Waals surface area contributed by atoms with Crippen molar-refractivity contribution in [1.82, 2.24) is 20.0 Å². The number of H-pyrrole nitrogens is 1. The zero-order chi connectivity index (χ0) is 18.0. The maximum Gasteiger partial charge on any atom is 0.348 e. The minimum Gasteiger partial charge on any atom is -0.465 e. The van der Waals surface area contributed by atoms with E-state index in [0.29, 0.717) is 9.75 Å². The van der Waals surface area contributed by atoms with Crippen LogP contribution in [-0.2, 0) is 16.5 Å². The second-order valence-corrected chi connectivity index (χ2v) is 7.07. The lowest BCUT2D eigenvalue weighted by Crippen LogP contribution is -1.97. The van der Waals surface area contributed by atoms with Gasteiger partial charge in [0, 0.05) is 13.2 Å². The highest BCUT2D eigenvalue weighted by molar-refractivity contribution is 7.21. The van der Waals surface area contributed by atoms with Crippen molar-refractivity contribution in [3.63, 3.8) is 0 Å². The molecule has 8 nitrogen and oxygen atoms in total. The summed E-state index contributed by atoms with van der Waals surface area (Å²) >= 11 is 2.76. The molecule has 0 aliphatic carbocycles. The normalized spacial score (nSPS) is 10.5. The fourth-order valence-electron chi connectivity index (χ4n) is 2.09. The van der Waals surface area contributed by atoms with Crippen LogP contribution in [0.4, 0.5) is 0 Å². The number of rotatable bonds is 2. The summed E-state index contributed by atoms with van der Waals surface area (Å²) in [5.74, 6) is -0.602. The Hall–Kier alpha value is -2.72. The number of fused-ring (bicyclic) bond motifs is 2. The van der Waals surface area contributed by atoms with Gasteiger partial charge in [0.1, 0.15) is 15.3 Å². The van der Waals surface area contributed by atoms with Crippen molar-refractivity contribution >= 4 is 55.0 Å². The second-order valence-electron chi connectivity index (χ2n) is 4.90. The number of hydrogen-bond donors (Lipinski definition) is 1. The van der Waals surface area contributed by atoms with Crippen LogP contribution in [0, 0.1) is 0 Å². The molecule has 4 aromatic rings. The Labute approximate surface area is 150 Å². The first-order chi connectivity index (χ1) is 12.0. The van der Waals surface area contributed by atoms with Crippen LogP contribution in [-0.4, -0.2) is 46.1 Å². The maximum absolute atomic E-state index is 11.1. The Balaban J connectivity index is 0.000000146. The van der Waals surface area contributed by atoms with E-state index < -0.39 is 0 Å². The summed E-state index contributed by atoms with van der Waals surface area (Å²) in [6.07, 6.45) is 3.57. The number of thiophene rings is 2. The minimum absolute atomic E-state index is 0.300. The van der Waals surface area contributed by atoms with Gasteiger partial charge in [-0.1, -0.05) is 0 Å². The molecule has 4 aromatic heterocycles. The SMILES string of the molecule is COC(=O)c1cc2[nH]ncc2s1.COC(=O)c1cc2nn(C)cc2s1. The van der Waals surface area contributed by atoms with Crippen LogP contribution in [0.5, 0.6) is 0 Å². The average molecular weight is 378 g/mol. The van der Waals surface area contributed by atoms with Crippen LogP contribution < -0.4 is 0 Å². The van der Waals surface area contributed by atoms with Gasteiger partial charge in [-0.3, -0.25) is 9.78 Å². The molecule has 0 radical (unpaired) electrons. The van der Waals surface area contributed by atoms with Crippen molar-refractivity contribution in [3.05, 3.63) is 34.3 Å². The fraction of sp³-hybridized carbons (Fsp3) is 0.200. The molecule has 0 atom stereocenters. The molecule has 1 N–H and O–H groups in total. The zero-order valence-electron chi connectivity index (χ0n) is 13.6. The third-order valence-electron chi connectivity index (χ3n) is 3.21. The van der Waals surface area contributed by atoms with Crippen LogP contribution in [0.15, 0.2) is 24.5 Å². The summed E-state index contributed by atoms with van der Waals surface area (Å²) in [6, 6.07) is 3.48. The van der Waals surface area contributed by atoms with Crippen molar-refractivity contribution < 1.29 is 19.1 Å². The van der Waals surface area contributed by atoms with Crippen molar-refractivity contribution in [3.8, 4) is 0 Å². The summed E-state index contributed by atoms with van der Waals surface area (Å²) < 4.78 is 12.9. The van der Waals surface area contributed by atoms with Crippen molar-refractivity contribution in [2.45, 2.75) is 0 Å². The van der Waals surface area contributed by atoms with E-state index in [2.05, 4.69) is 24.8 Å². The Morgan fingerprint density at radius 1 is 1.08 bits per heavy atom. The molecule has 0 aromatic carbocycles. The van der Waals surface area contributed by atoms with Crippen LogP contribution in [0.1, 0.15) is 19.3 Å². The summed E-state index contributed by atoms with van der Waals surface area (Å²) in [7, 11) is 4.60.